The Morgan fingerprint density at radius 3 is 2.71 bits per heavy atom. The molecule has 2 N–H and O–H groups in total. The number of esters is 1. The van der Waals surface area contributed by atoms with Gasteiger partial charge in [0, 0.05) is 6.04 Å². The van der Waals surface area contributed by atoms with Crippen molar-refractivity contribution in [1.29, 1.82) is 0 Å². The molecular weight excluding hydrogens is 178 g/mol. The molecule has 0 aromatic heterocycles. The lowest BCUT2D eigenvalue weighted by Crippen LogP contribution is -2.14. The van der Waals surface area contributed by atoms with E-state index in [9.17, 15) is 4.79 Å². The summed E-state index contributed by atoms with van der Waals surface area (Å²) in [7, 11) is 1.37. The zero-order valence-electron chi connectivity index (χ0n) is 8.49. The van der Waals surface area contributed by atoms with Gasteiger partial charge in [0.1, 0.15) is 0 Å². The predicted molar refractivity (Wildman–Crippen MR) is 55.0 cm³/mol. The smallest absolute Gasteiger partial charge is 0.338 e. The Morgan fingerprint density at radius 2 is 2.14 bits per heavy atom. The van der Waals surface area contributed by atoms with Gasteiger partial charge < -0.3 is 10.5 Å². The summed E-state index contributed by atoms with van der Waals surface area (Å²) < 4.78 is 4.68. The first-order valence-corrected chi connectivity index (χ1v) is 4.63. The average molecular weight is 193 g/mol. The zero-order chi connectivity index (χ0) is 10.6. The highest BCUT2D eigenvalue weighted by Crippen LogP contribution is 2.18. The van der Waals surface area contributed by atoms with Gasteiger partial charge in [-0.3, -0.25) is 0 Å². The van der Waals surface area contributed by atoms with Crippen LogP contribution in [0.3, 0.4) is 0 Å². The molecule has 0 heterocycles. The van der Waals surface area contributed by atoms with Gasteiger partial charge in [0.15, 0.2) is 0 Å². The van der Waals surface area contributed by atoms with Gasteiger partial charge in [-0.15, -0.1) is 0 Å². The van der Waals surface area contributed by atoms with Crippen molar-refractivity contribution in [3.63, 3.8) is 0 Å². The molecule has 0 fully saturated rings. The van der Waals surface area contributed by atoms with Crippen molar-refractivity contribution >= 4 is 5.97 Å². The second-order valence-electron chi connectivity index (χ2n) is 3.09. The van der Waals surface area contributed by atoms with Crippen molar-refractivity contribution in [2.24, 2.45) is 5.73 Å². The summed E-state index contributed by atoms with van der Waals surface area (Å²) in [6, 6.07) is 7.16. The molecule has 3 heteroatoms. The van der Waals surface area contributed by atoms with Crippen LogP contribution in [-0.4, -0.2) is 13.1 Å². The van der Waals surface area contributed by atoms with Crippen LogP contribution in [0.15, 0.2) is 24.3 Å². The second kappa shape index (κ2) is 4.77. The van der Waals surface area contributed by atoms with Crippen molar-refractivity contribution in [2.45, 2.75) is 19.4 Å². The van der Waals surface area contributed by atoms with Crippen LogP contribution in [0, 0.1) is 0 Å². The number of hydrogen-bond acceptors (Lipinski definition) is 3. The summed E-state index contributed by atoms with van der Waals surface area (Å²) in [6.45, 7) is 1.98. The monoisotopic (exact) mass is 193 g/mol. The number of methoxy groups -OCH3 is 1. The SMILES string of the molecule is CC[C@@H](N)c1ccccc1C(=O)OC. The molecule has 1 aromatic carbocycles. The van der Waals surface area contributed by atoms with Gasteiger partial charge in [-0.05, 0) is 18.1 Å². The van der Waals surface area contributed by atoms with E-state index in [1.54, 1.807) is 12.1 Å². The van der Waals surface area contributed by atoms with E-state index < -0.39 is 0 Å². The zero-order valence-corrected chi connectivity index (χ0v) is 8.49. The molecule has 0 aliphatic rings. The number of rotatable bonds is 3. The molecule has 0 saturated heterocycles. The second-order valence-corrected chi connectivity index (χ2v) is 3.09. The number of carbonyl (C=O) groups is 1. The van der Waals surface area contributed by atoms with Crippen LogP contribution in [0.5, 0.6) is 0 Å². The van der Waals surface area contributed by atoms with Crippen molar-refractivity contribution in [2.75, 3.05) is 7.11 Å². The van der Waals surface area contributed by atoms with Gasteiger partial charge in [0.05, 0.1) is 12.7 Å². The Morgan fingerprint density at radius 1 is 1.50 bits per heavy atom. The summed E-state index contributed by atoms with van der Waals surface area (Å²) in [4.78, 5) is 11.4. The van der Waals surface area contributed by atoms with Crippen LogP contribution in [0.4, 0.5) is 0 Å². The van der Waals surface area contributed by atoms with Gasteiger partial charge in [0.25, 0.3) is 0 Å². The molecule has 0 amide bonds. The van der Waals surface area contributed by atoms with Crippen molar-refractivity contribution in [1.82, 2.24) is 0 Å². The fourth-order valence-electron chi connectivity index (χ4n) is 1.34. The lowest BCUT2D eigenvalue weighted by Gasteiger charge is -2.12. The minimum atomic E-state index is -0.329. The van der Waals surface area contributed by atoms with Gasteiger partial charge in [-0.1, -0.05) is 25.1 Å². The van der Waals surface area contributed by atoms with Crippen LogP contribution in [-0.2, 0) is 4.74 Å². The quantitative estimate of drug-likeness (QED) is 0.746. The van der Waals surface area contributed by atoms with Crippen molar-refractivity contribution in [3.8, 4) is 0 Å². The Kier molecular flexibility index (Phi) is 3.65. The van der Waals surface area contributed by atoms with E-state index in [4.69, 9.17) is 5.73 Å². The molecule has 0 saturated carbocycles. The summed E-state index contributed by atoms with van der Waals surface area (Å²) in [5, 5.41) is 0. The molecule has 1 atom stereocenters. The maximum Gasteiger partial charge on any atom is 0.338 e. The van der Waals surface area contributed by atoms with Gasteiger partial charge in [-0.25, -0.2) is 4.79 Å². The van der Waals surface area contributed by atoms with E-state index in [0.29, 0.717) is 5.56 Å². The summed E-state index contributed by atoms with van der Waals surface area (Å²) in [5.74, 6) is -0.329. The third kappa shape index (κ3) is 2.12. The minimum Gasteiger partial charge on any atom is -0.465 e. The number of ether oxygens (including phenoxy) is 1. The topological polar surface area (TPSA) is 52.3 Å². The third-order valence-electron chi connectivity index (χ3n) is 2.21. The normalized spacial score (nSPS) is 12.2. The van der Waals surface area contributed by atoms with Crippen LogP contribution in [0.2, 0.25) is 0 Å². The van der Waals surface area contributed by atoms with Crippen LogP contribution < -0.4 is 5.73 Å². The minimum absolute atomic E-state index is 0.106. The third-order valence-corrected chi connectivity index (χ3v) is 2.21. The highest BCUT2D eigenvalue weighted by atomic mass is 16.5. The number of carbonyl (C=O) groups excluding carboxylic acids is 1. The molecule has 0 aliphatic heterocycles. The lowest BCUT2D eigenvalue weighted by molar-refractivity contribution is 0.0599. The lowest BCUT2D eigenvalue weighted by atomic mass is 9.99. The molecule has 1 rings (SSSR count). The van der Waals surface area contributed by atoms with Gasteiger partial charge >= 0.3 is 5.97 Å². The molecule has 1 aromatic rings. The first-order chi connectivity index (χ1) is 6.70. The molecule has 0 spiro atoms. The molecule has 0 unspecified atom stereocenters. The first kappa shape index (κ1) is 10.7. The summed E-state index contributed by atoms with van der Waals surface area (Å²) in [5.41, 5.74) is 7.29. The summed E-state index contributed by atoms with van der Waals surface area (Å²) >= 11 is 0. The molecule has 0 aliphatic carbocycles. The fourth-order valence-corrected chi connectivity index (χ4v) is 1.34. The van der Waals surface area contributed by atoms with Gasteiger partial charge in [0.2, 0.25) is 0 Å². The Balaban J connectivity index is 3.09. The molecule has 0 radical (unpaired) electrons. The predicted octanol–water partition coefficient (Wildman–Crippen LogP) is 1.88. The Labute approximate surface area is 83.9 Å². The van der Waals surface area contributed by atoms with E-state index in [0.717, 1.165) is 12.0 Å². The highest BCUT2D eigenvalue weighted by molar-refractivity contribution is 5.91. The average Bonchev–Trinajstić information content (AvgIpc) is 2.27. The maximum atomic E-state index is 11.4. The van der Waals surface area contributed by atoms with Crippen LogP contribution in [0.25, 0.3) is 0 Å². The van der Waals surface area contributed by atoms with Crippen LogP contribution in [0.1, 0.15) is 35.3 Å². The van der Waals surface area contributed by atoms with E-state index >= 15 is 0 Å². The molecule has 14 heavy (non-hydrogen) atoms. The number of nitrogens with two attached hydrogens (primary N) is 1. The van der Waals surface area contributed by atoms with E-state index in [1.807, 2.05) is 19.1 Å². The van der Waals surface area contributed by atoms with Crippen molar-refractivity contribution in [3.05, 3.63) is 35.4 Å². The Hall–Kier alpha value is -1.35. The molecule has 0 bridgehead atoms. The van der Waals surface area contributed by atoms with E-state index in [-0.39, 0.29) is 12.0 Å². The number of hydrogen-bond donors (Lipinski definition) is 1. The van der Waals surface area contributed by atoms with E-state index in [1.165, 1.54) is 7.11 Å². The molecule has 3 nitrogen and oxygen atoms in total. The van der Waals surface area contributed by atoms with Crippen molar-refractivity contribution < 1.29 is 9.53 Å². The Bertz CT molecular complexity index is 323. The maximum absolute atomic E-state index is 11.4. The first-order valence-electron chi connectivity index (χ1n) is 4.63. The molecular formula is C11H15NO2. The highest BCUT2D eigenvalue weighted by Gasteiger charge is 2.14. The largest absolute Gasteiger partial charge is 0.465 e. The van der Waals surface area contributed by atoms with Crippen LogP contribution >= 0.6 is 0 Å². The number of benzene rings is 1. The standard InChI is InChI=1S/C11H15NO2/c1-3-10(12)8-6-4-5-7-9(8)11(13)14-2/h4-7,10H,3,12H2,1-2H3/t10-/m1/s1. The fraction of sp³-hybridized carbons (Fsp3) is 0.364. The molecule has 76 valence electrons. The summed E-state index contributed by atoms with van der Waals surface area (Å²) in [6.07, 6.45) is 0.800. The van der Waals surface area contributed by atoms with Gasteiger partial charge in [-0.2, -0.15) is 0 Å². The van der Waals surface area contributed by atoms with E-state index in [2.05, 4.69) is 4.74 Å².